The van der Waals surface area contributed by atoms with Crippen molar-refractivity contribution in [3.63, 3.8) is 0 Å². The van der Waals surface area contributed by atoms with Crippen LogP contribution in [0, 0.1) is 6.92 Å². The van der Waals surface area contributed by atoms with Gasteiger partial charge in [0, 0.05) is 31.4 Å². The molecule has 0 radical (unpaired) electrons. The SMILES string of the molecule is CNc1cc(-c2ccccc2)nc(-c2cnn(C)c2C)n1. The topological polar surface area (TPSA) is 55.6 Å². The maximum absolute atomic E-state index is 4.69. The molecule has 3 rings (SSSR count). The van der Waals surface area contributed by atoms with Crippen molar-refractivity contribution in [1.82, 2.24) is 19.7 Å². The summed E-state index contributed by atoms with van der Waals surface area (Å²) in [6, 6.07) is 12.0. The van der Waals surface area contributed by atoms with Gasteiger partial charge in [-0.15, -0.1) is 0 Å². The highest BCUT2D eigenvalue weighted by molar-refractivity contribution is 5.68. The van der Waals surface area contributed by atoms with Gasteiger partial charge in [-0.2, -0.15) is 5.10 Å². The monoisotopic (exact) mass is 279 g/mol. The molecule has 0 saturated heterocycles. The number of rotatable bonds is 3. The van der Waals surface area contributed by atoms with Crippen LogP contribution in [0.15, 0.2) is 42.6 Å². The molecule has 0 fully saturated rings. The number of hydrogen-bond donors (Lipinski definition) is 1. The molecule has 0 atom stereocenters. The maximum Gasteiger partial charge on any atom is 0.165 e. The van der Waals surface area contributed by atoms with Crippen LogP contribution in [0.4, 0.5) is 5.82 Å². The molecule has 3 aromatic rings. The smallest absolute Gasteiger partial charge is 0.165 e. The molecule has 0 spiro atoms. The van der Waals surface area contributed by atoms with E-state index < -0.39 is 0 Å². The lowest BCUT2D eigenvalue weighted by atomic mass is 10.1. The van der Waals surface area contributed by atoms with Crippen molar-refractivity contribution >= 4 is 5.82 Å². The summed E-state index contributed by atoms with van der Waals surface area (Å²) in [6.45, 7) is 2.01. The van der Waals surface area contributed by atoms with E-state index in [0.717, 1.165) is 28.3 Å². The van der Waals surface area contributed by atoms with Crippen molar-refractivity contribution in [3.8, 4) is 22.6 Å². The van der Waals surface area contributed by atoms with Crippen LogP contribution in [0.2, 0.25) is 0 Å². The third kappa shape index (κ3) is 2.50. The highest BCUT2D eigenvalue weighted by Gasteiger charge is 2.12. The highest BCUT2D eigenvalue weighted by atomic mass is 15.3. The molecule has 0 aliphatic heterocycles. The first kappa shape index (κ1) is 13.3. The van der Waals surface area contributed by atoms with Gasteiger partial charge in [-0.3, -0.25) is 4.68 Å². The largest absolute Gasteiger partial charge is 0.373 e. The van der Waals surface area contributed by atoms with Crippen LogP contribution < -0.4 is 5.32 Å². The fraction of sp³-hybridized carbons (Fsp3) is 0.188. The number of nitrogens with one attached hydrogen (secondary N) is 1. The van der Waals surface area contributed by atoms with Gasteiger partial charge in [0.15, 0.2) is 5.82 Å². The van der Waals surface area contributed by atoms with Gasteiger partial charge in [0.05, 0.1) is 17.5 Å². The van der Waals surface area contributed by atoms with Crippen molar-refractivity contribution in [3.05, 3.63) is 48.3 Å². The van der Waals surface area contributed by atoms with Crippen LogP contribution in [-0.2, 0) is 7.05 Å². The molecule has 0 unspecified atom stereocenters. The summed E-state index contributed by atoms with van der Waals surface area (Å²) in [7, 11) is 3.77. The van der Waals surface area contributed by atoms with E-state index >= 15 is 0 Å². The third-order valence-electron chi connectivity index (χ3n) is 3.53. The lowest BCUT2D eigenvalue weighted by molar-refractivity contribution is 0.740. The number of anilines is 1. The van der Waals surface area contributed by atoms with Gasteiger partial charge in [0.2, 0.25) is 0 Å². The zero-order valence-electron chi connectivity index (χ0n) is 12.3. The Morgan fingerprint density at radius 3 is 2.48 bits per heavy atom. The molecule has 106 valence electrons. The van der Waals surface area contributed by atoms with E-state index in [1.807, 2.05) is 62.1 Å². The maximum atomic E-state index is 4.69. The Morgan fingerprint density at radius 1 is 1.10 bits per heavy atom. The Kier molecular flexibility index (Phi) is 3.39. The average molecular weight is 279 g/mol. The molecule has 0 bridgehead atoms. The van der Waals surface area contributed by atoms with Crippen molar-refractivity contribution in [2.24, 2.45) is 7.05 Å². The van der Waals surface area contributed by atoms with Gasteiger partial charge in [-0.1, -0.05) is 30.3 Å². The van der Waals surface area contributed by atoms with E-state index in [1.54, 1.807) is 6.20 Å². The summed E-state index contributed by atoms with van der Waals surface area (Å²) in [5, 5.41) is 7.36. The first-order valence-corrected chi connectivity index (χ1v) is 6.80. The lowest BCUT2D eigenvalue weighted by Crippen LogP contribution is -2.00. The molecule has 1 N–H and O–H groups in total. The zero-order valence-corrected chi connectivity index (χ0v) is 12.3. The summed E-state index contributed by atoms with van der Waals surface area (Å²) < 4.78 is 1.83. The molecule has 1 aromatic carbocycles. The highest BCUT2D eigenvalue weighted by Crippen LogP contribution is 2.25. The second-order valence-electron chi connectivity index (χ2n) is 4.85. The Balaban J connectivity index is 2.16. The van der Waals surface area contributed by atoms with Crippen LogP contribution in [0.5, 0.6) is 0 Å². The Hall–Kier alpha value is -2.69. The van der Waals surface area contributed by atoms with Crippen LogP contribution in [0.25, 0.3) is 22.6 Å². The second-order valence-corrected chi connectivity index (χ2v) is 4.85. The summed E-state index contributed by atoms with van der Waals surface area (Å²) in [5.41, 5.74) is 3.96. The number of benzene rings is 1. The Bertz CT molecular complexity index is 762. The van der Waals surface area contributed by atoms with Gasteiger partial charge in [0.1, 0.15) is 5.82 Å². The van der Waals surface area contributed by atoms with E-state index in [2.05, 4.69) is 15.4 Å². The minimum Gasteiger partial charge on any atom is -0.373 e. The predicted octanol–water partition coefficient (Wildman–Crippen LogP) is 2.89. The summed E-state index contributed by atoms with van der Waals surface area (Å²) >= 11 is 0. The fourth-order valence-corrected chi connectivity index (χ4v) is 2.17. The van der Waals surface area contributed by atoms with E-state index in [1.165, 1.54) is 0 Å². The van der Waals surface area contributed by atoms with E-state index in [0.29, 0.717) is 5.82 Å². The normalized spacial score (nSPS) is 10.6. The Morgan fingerprint density at radius 2 is 1.86 bits per heavy atom. The minimum atomic E-state index is 0.686. The molecule has 2 heterocycles. The summed E-state index contributed by atoms with van der Waals surface area (Å²) in [5.74, 6) is 1.48. The van der Waals surface area contributed by atoms with E-state index in [4.69, 9.17) is 4.98 Å². The van der Waals surface area contributed by atoms with Gasteiger partial charge in [-0.25, -0.2) is 9.97 Å². The minimum absolute atomic E-state index is 0.686. The zero-order chi connectivity index (χ0) is 14.8. The third-order valence-corrected chi connectivity index (χ3v) is 3.53. The first-order chi connectivity index (χ1) is 10.2. The quantitative estimate of drug-likeness (QED) is 0.801. The van der Waals surface area contributed by atoms with Gasteiger partial charge in [0.25, 0.3) is 0 Å². The predicted molar refractivity (Wildman–Crippen MR) is 84.0 cm³/mol. The molecule has 21 heavy (non-hydrogen) atoms. The fourth-order valence-electron chi connectivity index (χ4n) is 2.17. The molecule has 5 heteroatoms. The van der Waals surface area contributed by atoms with Crippen molar-refractivity contribution in [2.75, 3.05) is 12.4 Å². The van der Waals surface area contributed by atoms with Crippen molar-refractivity contribution in [2.45, 2.75) is 6.92 Å². The molecule has 0 aliphatic rings. The summed E-state index contributed by atoms with van der Waals surface area (Å²) in [6.07, 6.45) is 1.80. The molecule has 2 aromatic heterocycles. The Labute approximate surface area is 123 Å². The van der Waals surface area contributed by atoms with Crippen LogP contribution in [-0.4, -0.2) is 26.8 Å². The number of aromatic nitrogens is 4. The van der Waals surface area contributed by atoms with Crippen LogP contribution in [0.3, 0.4) is 0 Å². The van der Waals surface area contributed by atoms with Gasteiger partial charge < -0.3 is 5.32 Å². The van der Waals surface area contributed by atoms with Gasteiger partial charge >= 0.3 is 0 Å². The molecule has 0 amide bonds. The molecular weight excluding hydrogens is 262 g/mol. The van der Waals surface area contributed by atoms with Gasteiger partial charge in [-0.05, 0) is 6.92 Å². The van der Waals surface area contributed by atoms with Crippen molar-refractivity contribution < 1.29 is 0 Å². The standard InChI is InChI=1S/C16H17N5/c1-11-13(10-18-21(11)3)16-19-14(9-15(17-2)20-16)12-7-5-4-6-8-12/h4-10H,1-3H3,(H,17,19,20). The van der Waals surface area contributed by atoms with E-state index in [-0.39, 0.29) is 0 Å². The van der Waals surface area contributed by atoms with Crippen LogP contribution >= 0.6 is 0 Å². The first-order valence-electron chi connectivity index (χ1n) is 6.80. The van der Waals surface area contributed by atoms with Crippen LogP contribution in [0.1, 0.15) is 5.69 Å². The molecule has 5 nitrogen and oxygen atoms in total. The number of aryl methyl sites for hydroxylation is 1. The number of hydrogen-bond acceptors (Lipinski definition) is 4. The average Bonchev–Trinajstić information content (AvgIpc) is 2.87. The second kappa shape index (κ2) is 5.36. The summed E-state index contributed by atoms with van der Waals surface area (Å²) in [4.78, 5) is 9.24. The molecule has 0 saturated carbocycles. The molecule has 0 aliphatic carbocycles. The van der Waals surface area contributed by atoms with Crippen molar-refractivity contribution in [1.29, 1.82) is 0 Å². The van der Waals surface area contributed by atoms with E-state index in [9.17, 15) is 0 Å². The number of nitrogens with zero attached hydrogens (tertiary/aromatic N) is 4. The lowest BCUT2D eigenvalue weighted by Gasteiger charge is -2.08. The molecular formula is C16H17N5.